The summed E-state index contributed by atoms with van der Waals surface area (Å²) in [6, 6.07) is 47.2. The van der Waals surface area contributed by atoms with E-state index in [2.05, 4.69) is 148 Å². The highest BCUT2D eigenvalue weighted by Gasteiger charge is 2.35. The van der Waals surface area contributed by atoms with Gasteiger partial charge in [0.1, 0.15) is 16.1 Å². The van der Waals surface area contributed by atoms with Crippen LogP contribution in [0.25, 0.3) is 0 Å². The topological polar surface area (TPSA) is 0 Å². The van der Waals surface area contributed by atoms with Gasteiger partial charge in [-0.2, -0.15) is 0 Å². The summed E-state index contributed by atoms with van der Waals surface area (Å²) < 4.78 is 0. The minimum absolute atomic E-state index is 1.15. The number of allylic oxidation sites excluding steroid dienone is 2. The van der Waals surface area contributed by atoms with Crippen LogP contribution in [0, 0.1) is 0 Å². The second-order valence-electron chi connectivity index (χ2n) is 10.0. The minimum atomic E-state index is -1.90. The molecule has 0 N–H and O–H groups in total. The molecule has 0 aliphatic heterocycles. The summed E-state index contributed by atoms with van der Waals surface area (Å²) in [4.78, 5) is 0. The van der Waals surface area contributed by atoms with E-state index in [-0.39, 0.29) is 0 Å². The first kappa shape index (κ1) is 24.2. The van der Waals surface area contributed by atoms with Crippen LogP contribution < -0.4 is 20.7 Å². The molecule has 0 fully saturated rings. The molecule has 0 unspecified atom stereocenters. The van der Waals surface area contributed by atoms with Gasteiger partial charge in [0.05, 0.1) is 0 Å². The van der Waals surface area contributed by atoms with Crippen LogP contribution >= 0.6 is 0 Å². The van der Waals surface area contributed by atoms with Gasteiger partial charge in [0, 0.05) is 0 Å². The lowest BCUT2D eigenvalue weighted by Gasteiger charge is -2.32. The van der Waals surface area contributed by atoms with Gasteiger partial charge in [-0.05, 0) is 25.9 Å². The average molecular weight is 477 g/mol. The third-order valence-corrected chi connectivity index (χ3v) is 16.5. The summed E-state index contributed by atoms with van der Waals surface area (Å²) in [7, 11) is -3.81. The Hall–Kier alpha value is -2.95. The van der Waals surface area contributed by atoms with E-state index in [9.17, 15) is 0 Å². The average Bonchev–Trinajstić information content (AvgIpc) is 2.90. The van der Waals surface area contributed by atoms with Crippen LogP contribution in [0.3, 0.4) is 0 Å². The molecular weight excluding hydrogens is 441 g/mol. The standard InChI is InChI=1S/C32H36Si2/c1-27(25-33(3,29-17-9-5-10-18-29)30-19-11-6-12-20-30)28(2)26-34(4,31-21-13-7-14-22-31)32-23-15-8-16-24-32/h5-24H,25-26H2,1-4H3. The van der Waals surface area contributed by atoms with Crippen molar-refractivity contribution in [1.82, 2.24) is 0 Å². The van der Waals surface area contributed by atoms with Gasteiger partial charge in [0.25, 0.3) is 0 Å². The Bertz CT molecular complexity index is 1040. The third-order valence-electron chi connectivity index (χ3n) is 7.61. The van der Waals surface area contributed by atoms with Gasteiger partial charge in [-0.25, -0.2) is 0 Å². The second-order valence-corrected chi connectivity index (χ2v) is 18.4. The lowest BCUT2D eigenvalue weighted by Crippen LogP contribution is -2.56. The fraction of sp³-hybridized carbons (Fsp3) is 0.188. The number of hydrogen-bond donors (Lipinski definition) is 0. The molecule has 0 saturated heterocycles. The normalized spacial score (nSPS) is 12.8. The van der Waals surface area contributed by atoms with Gasteiger partial charge < -0.3 is 0 Å². The van der Waals surface area contributed by atoms with Crippen LogP contribution in [-0.4, -0.2) is 16.1 Å². The monoisotopic (exact) mass is 476 g/mol. The first-order valence-corrected chi connectivity index (χ1v) is 17.7. The molecule has 0 spiro atoms. The molecule has 4 rings (SSSR count). The molecular formula is C32H36Si2. The zero-order valence-corrected chi connectivity index (χ0v) is 23.0. The van der Waals surface area contributed by atoms with E-state index < -0.39 is 16.1 Å². The summed E-state index contributed by atoms with van der Waals surface area (Å²) >= 11 is 0. The van der Waals surface area contributed by atoms with Crippen molar-refractivity contribution in [1.29, 1.82) is 0 Å². The Balaban J connectivity index is 1.73. The van der Waals surface area contributed by atoms with E-state index in [1.165, 1.54) is 20.7 Å². The third kappa shape index (κ3) is 5.09. The Morgan fingerprint density at radius 3 is 0.824 bits per heavy atom. The SMILES string of the molecule is CC(C[Si](C)(c1ccccc1)c1ccccc1)=C(C)C[Si](C)(c1ccccc1)c1ccccc1. The maximum atomic E-state index is 2.54. The molecule has 0 saturated carbocycles. The van der Waals surface area contributed by atoms with Gasteiger partial charge in [-0.1, -0.05) is 166 Å². The molecule has 0 aliphatic rings. The first-order chi connectivity index (χ1) is 16.4. The highest BCUT2D eigenvalue weighted by Crippen LogP contribution is 2.25. The summed E-state index contributed by atoms with van der Waals surface area (Å²) in [6.45, 7) is 9.85. The van der Waals surface area contributed by atoms with Crippen molar-refractivity contribution in [2.45, 2.75) is 39.0 Å². The maximum absolute atomic E-state index is 2.54. The van der Waals surface area contributed by atoms with E-state index in [0.717, 1.165) is 12.1 Å². The molecule has 34 heavy (non-hydrogen) atoms. The van der Waals surface area contributed by atoms with Crippen LogP contribution in [-0.2, 0) is 0 Å². The predicted molar refractivity (Wildman–Crippen MR) is 156 cm³/mol. The highest BCUT2D eigenvalue weighted by atomic mass is 28.3. The van der Waals surface area contributed by atoms with E-state index in [4.69, 9.17) is 0 Å². The van der Waals surface area contributed by atoms with Crippen molar-refractivity contribution in [3.05, 3.63) is 132 Å². The van der Waals surface area contributed by atoms with E-state index in [1.807, 2.05) is 0 Å². The Kier molecular flexibility index (Phi) is 7.50. The van der Waals surface area contributed by atoms with E-state index in [0.29, 0.717) is 0 Å². The van der Waals surface area contributed by atoms with Crippen LogP contribution in [0.2, 0.25) is 25.2 Å². The molecule has 0 aliphatic carbocycles. The van der Waals surface area contributed by atoms with Gasteiger partial charge in [-0.15, -0.1) is 0 Å². The number of rotatable bonds is 8. The minimum Gasteiger partial charge on any atom is -0.0767 e. The van der Waals surface area contributed by atoms with Crippen LogP contribution in [0.4, 0.5) is 0 Å². The second kappa shape index (κ2) is 10.5. The summed E-state index contributed by atoms with van der Waals surface area (Å²) in [5.41, 5.74) is 3.12. The molecule has 0 amide bonds. The molecule has 0 atom stereocenters. The van der Waals surface area contributed by atoms with Crippen molar-refractivity contribution in [2.24, 2.45) is 0 Å². The van der Waals surface area contributed by atoms with Crippen molar-refractivity contribution in [3.8, 4) is 0 Å². The molecule has 2 heteroatoms. The van der Waals surface area contributed by atoms with E-state index >= 15 is 0 Å². The van der Waals surface area contributed by atoms with Crippen LogP contribution in [0.15, 0.2) is 132 Å². The van der Waals surface area contributed by atoms with Crippen LogP contribution in [0.1, 0.15) is 13.8 Å². The summed E-state index contributed by atoms with van der Waals surface area (Å²) in [5, 5.41) is 6.05. The molecule has 0 heterocycles. The zero-order chi connectivity index (χ0) is 24.0. The smallest absolute Gasteiger partial charge is 0.0767 e. The van der Waals surface area contributed by atoms with Gasteiger partial charge in [0.2, 0.25) is 0 Å². The Labute approximate surface area is 208 Å². The first-order valence-electron chi connectivity index (χ1n) is 12.3. The highest BCUT2D eigenvalue weighted by molar-refractivity contribution is 7.02. The largest absolute Gasteiger partial charge is 0.119 e. The van der Waals surface area contributed by atoms with Gasteiger partial charge in [0.15, 0.2) is 0 Å². The summed E-state index contributed by atoms with van der Waals surface area (Å²) in [6.07, 6.45) is 0. The number of benzene rings is 4. The fourth-order valence-electron chi connectivity index (χ4n) is 5.33. The predicted octanol–water partition coefficient (Wildman–Crippen LogP) is 6.11. The Morgan fingerprint density at radius 2 is 0.618 bits per heavy atom. The zero-order valence-electron chi connectivity index (χ0n) is 21.0. The maximum Gasteiger partial charge on any atom is 0.119 e. The fourth-order valence-corrected chi connectivity index (χ4v) is 13.2. The van der Waals surface area contributed by atoms with Gasteiger partial charge >= 0.3 is 0 Å². The van der Waals surface area contributed by atoms with Crippen molar-refractivity contribution >= 4 is 36.9 Å². The Morgan fingerprint density at radius 1 is 0.412 bits per heavy atom. The lowest BCUT2D eigenvalue weighted by molar-refractivity contribution is 1.19. The van der Waals surface area contributed by atoms with Crippen molar-refractivity contribution in [3.63, 3.8) is 0 Å². The van der Waals surface area contributed by atoms with Crippen molar-refractivity contribution in [2.75, 3.05) is 0 Å². The van der Waals surface area contributed by atoms with Gasteiger partial charge in [-0.3, -0.25) is 0 Å². The summed E-state index contributed by atoms with van der Waals surface area (Å²) in [5.74, 6) is 0. The van der Waals surface area contributed by atoms with Crippen molar-refractivity contribution < 1.29 is 0 Å². The molecule has 0 radical (unpaired) electrons. The molecule has 0 nitrogen and oxygen atoms in total. The quantitative estimate of drug-likeness (QED) is 0.213. The van der Waals surface area contributed by atoms with Crippen LogP contribution in [0.5, 0.6) is 0 Å². The molecule has 172 valence electrons. The lowest BCUT2D eigenvalue weighted by atomic mass is 10.2. The number of hydrogen-bond acceptors (Lipinski definition) is 0. The van der Waals surface area contributed by atoms with E-state index in [1.54, 1.807) is 11.1 Å². The molecule has 4 aromatic rings. The molecule has 0 bridgehead atoms. The molecule has 0 aromatic heterocycles. The molecule has 4 aromatic carbocycles.